The molecule has 1 aromatic carbocycles. The van der Waals surface area contributed by atoms with Crippen LogP contribution in [0.4, 0.5) is 11.5 Å². The van der Waals surface area contributed by atoms with Gasteiger partial charge in [0.1, 0.15) is 5.82 Å². The summed E-state index contributed by atoms with van der Waals surface area (Å²) in [7, 11) is 4.33. The number of aromatic nitrogens is 1. The highest BCUT2D eigenvalue weighted by Crippen LogP contribution is 2.27. The smallest absolute Gasteiger partial charge is 0.224 e. The molecule has 5 nitrogen and oxygen atoms in total. The maximum atomic E-state index is 12.4. The predicted octanol–water partition coefficient (Wildman–Crippen LogP) is 5.01. The largest absolute Gasteiger partial charge is 0.356 e. The Hall–Kier alpha value is -2.44. The van der Waals surface area contributed by atoms with E-state index in [4.69, 9.17) is 4.98 Å². The number of amides is 1. The number of anilines is 2. The van der Waals surface area contributed by atoms with Gasteiger partial charge in [-0.2, -0.15) is 0 Å². The number of rotatable bonds is 6. The van der Waals surface area contributed by atoms with Crippen LogP contribution in [-0.2, 0) is 11.2 Å². The fraction of sp³-hybridized carbons (Fsp3) is 0.440. The summed E-state index contributed by atoms with van der Waals surface area (Å²) in [5.74, 6) is 1.11. The second kappa shape index (κ2) is 9.37. The molecule has 3 heterocycles. The van der Waals surface area contributed by atoms with Gasteiger partial charge >= 0.3 is 0 Å². The zero-order valence-electron chi connectivity index (χ0n) is 18.9. The number of nitrogens with zero attached hydrogens (tertiary/aromatic N) is 3. The molecule has 4 rings (SSSR count). The fourth-order valence-corrected chi connectivity index (χ4v) is 5.19. The molecule has 3 aromatic rings. The third-order valence-corrected chi connectivity index (χ3v) is 7.30. The number of benzene rings is 1. The van der Waals surface area contributed by atoms with Crippen LogP contribution in [0.5, 0.6) is 0 Å². The van der Waals surface area contributed by atoms with Crippen molar-refractivity contribution in [2.45, 2.75) is 45.6 Å². The summed E-state index contributed by atoms with van der Waals surface area (Å²) in [6.07, 6.45) is 3.62. The number of fused-ring (bicyclic) bond motifs is 1. The Morgan fingerprint density at radius 3 is 2.65 bits per heavy atom. The SMILES string of the molecule is Cc1csc(CCC(=O)Nc2ccc3nc(N4CCC(N(C)C)CC4)cc(C)c3c2)c1. The van der Waals surface area contributed by atoms with Crippen molar-refractivity contribution >= 4 is 39.7 Å². The molecular weight excluding hydrogens is 404 g/mol. The zero-order valence-corrected chi connectivity index (χ0v) is 19.8. The van der Waals surface area contributed by atoms with Gasteiger partial charge in [-0.1, -0.05) is 0 Å². The number of aryl methyl sites for hydroxylation is 3. The summed E-state index contributed by atoms with van der Waals surface area (Å²) in [5, 5.41) is 6.28. The Bertz CT molecular complexity index is 1070. The van der Waals surface area contributed by atoms with Crippen LogP contribution in [0.3, 0.4) is 0 Å². The van der Waals surface area contributed by atoms with E-state index >= 15 is 0 Å². The number of thiophene rings is 1. The predicted molar refractivity (Wildman–Crippen MR) is 131 cm³/mol. The Morgan fingerprint density at radius 2 is 1.97 bits per heavy atom. The first kappa shape index (κ1) is 21.8. The van der Waals surface area contributed by atoms with Crippen molar-refractivity contribution in [2.24, 2.45) is 0 Å². The highest BCUT2D eigenvalue weighted by molar-refractivity contribution is 7.10. The number of carbonyl (C=O) groups excluding carboxylic acids is 1. The summed E-state index contributed by atoms with van der Waals surface area (Å²) in [5.41, 5.74) is 4.28. The highest BCUT2D eigenvalue weighted by Gasteiger charge is 2.22. The van der Waals surface area contributed by atoms with Crippen LogP contribution in [0.15, 0.2) is 35.7 Å². The lowest BCUT2D eigenvalue weighted by atomic mass is 10.0. The first-order valence-electron chi connectivity index (χ1n) is 11.1. The lowest BCUT2D eigenvalue weighted by Crippen LogP contribution is -2.42. The van der Waals surface area contributed by atoms with E-state index in [-0.39, 0.29) is 5.91 Å². The Labute approximate surface area is 189 Å². The van der Waals surface area contributed by atoms with Gasteiger partial charge in [-0.05, 0) is 94.0 Å². The minimum atomic E-state index is 0.0522. The second-order valence-corrected chi connectivity index (χ2v) is 9.85. The molecule has 1 N–H and O–H groups in total. The van der Waals surface area contributed by atoms with Crippen molar-refractivity contribution in [2.75, 3.05) is 37.4 Å². The van der Waals surface area contributed by atoms with Crippen LogP contribution < -0.4 is 10.2 Å². The van der Waals surface area contributed by atoms with Gasteiger partial charge in [0.2, 0.25) is 5.91 Å². The number of piperidine rings is 1. The first-order valence-corrected chi connectivity index (χ1v) is 11.9. The second-order valence-electron chi connectivity index (χ2n) is 8.85. The fourth-order valence-electron chi connectivity index (χ4n) is 4.31. The average molecular weight is 437 g/mol. The van der Waals surface area contributed by atoms with Gasteiger partial charge in [-0.25, -0.2) is 4.98 Å². The first-order chi connectivity index (χ1) is 14.9. The molecule has 0 aliphatic carbocycles. The molecular formula is C25H32N4OS. The Balaban J connectivity index is 1.42. The minimum absolute atomic E-state index is 0.0522. The van der Waals surface area contributed by atoms with Crippen molar-refractivity contribution in [1.82, 2.24) is 9.88 Å². The molecule has 6 heteroatoms. The van der Waals surface area contributed by atoms with Crippen LogP contribution >= 0.6 is 11.3 Å². The number of hydrogen-bond acceptors (Lipinski definition) is 5. The molecule has 1 aliphatic heterocycles. The minimum Gasteiger partial charge on any atom is -0.356 e. The van der Waals surface area contributed by atoms with Gasteiger partial charge in [0.05, 0.1) is 5.52 Å². The van der Waals surface area contributed by atoms with Gasteiger partial charge in [0.15, 0.2) is 0 Å². The van der Waals surface area contributed by atoms with Crippen molar-refractivity contribution in [3.8, 4) is 0 Å². The standard InChI is InChI=1S/C25H32N4OS/c1-17-13-21(31-16-17)6-8-25(30)26-19-5-7-23-22(15-19)18(2)14-24(27-23)29-11-9-20(10-12-29)28(3)4/h5,7,13-16,20H,6,8-12H2,1-4H3,(H,26,30). The number of hydrogen-bond donors (Lipinski definition) is 1. The molecule has 1 fully saturated rings. The van der Waals surface area contributed by atoms with Crippen LogP contribution in [-0.4, -0.2) is 49.0 Å². The quantitative estimate of drug-likeness (QED) is 0.590. The van der Waals surface area contributed by atoms with Crippen molar-refractivity contribution in [3.63, 3.8) is 0 Å². The molecule has 0 bridgehead atoms. The lowest BCUT2D eigenvalue weighted by molar-refractivity contribution is -0.116. The summed E-state index contributed by atoms with van der Waals surface area (Å²) in [4.78, 5) is 23.3. The van der Waals surface area contributed by atoms with E-state index in [1.807, 2.05) is 18.2 Å². The summed E-state index contributed by atoms with van der Waals surface area (Å²) in [6, 6.07) is 11.0. The third-order valence-electron chi connectivity index (χ3n) is 6.19. The van der Waals surface area contributed by atoms with Crippen LogP contribution in [0.2, 0.25) is 0 Å². The maximum Gasteiger partial charge on any atom is 0.224 e. The molecule has 0 unspecified atom stereocenters. The van der Waals surface area contributed by atoms with E-state index in [0.717, 1.165) is 41.9 Å². The van der Waals surface area contributed by atoms with E-state index in [1.165, 1.54) is 28.8 Å². The zero-order chi connectivity index (χ0) is 22.0. The molecule has 0 atom stereocenters. The lowest BCUT2D eigenvalue weighted by Gasteiger charge is -2.36. The summed E-state index contributed by atoms with van der Waals surface area (Å²) < 4.78 is 0. The summed E-state index contributed by atoms with van der Waals surface area (Å²) >= 11 is 1.72. The monoisotopic (exact) mass is 436 g/mol. The Morgan fingerprint density at radius 1 is 1.19 bits per heavy atom. The van der Waals surface area contributed by atoms with Crippen molar-refractivity contribution in [3.05, 3.63) is 51.7 Å². The molecule has 1 aliphatic rings. The van der Waals surface area contributed by atoms with Crippen LogP contribution in [0.1, 0.15) is 35.3 Å². The van der Waals surface area contributed by atoms with Crippen molar-refractivity contribution < 1.29 is 4.79 Å². The third kappa shape index (κ3) is 5.25. The maximum absolute atomic E-state index is 12.4. The molecule has 2 aromatic heterocycles. The average Bonchev–Trinajstić information content (AvgIpc) is 3.18. The van der Waals surface area contributed by atoms with E-state index in [9.17, 15) is 4.79 Å². The molecule has 1 amide bonds. The summed E-state index contributed by atoms with van der Waals surface area (Å²) in [6.45, 7) is 6.30. The van der Waals surface area contributed by atoms with E-state index in [1.54, 1.807) is 11.3 Å². The molecule has 0 radical (unpaired) electrons. The number of carbonyl (C=O) groups is 1. The molecule has 31 heavy (non-hydrogen) atoms. The number of nitrogens with one attached hydrogen (secondary N) is 1. The van der Waals surface area contributed by atoms with Gasteiger partial charge in [-0.3, -0.25) is 4.79 Å². The Kier molecular flexibility index (Phi) is 6.58. The van der Waals surface area contributed by atoms with Crippen LogP contribution in [0, 0.1) is 13.8 Å². The normalized spacial score (nSPS) is 15.1. The van der Waals surface area contributed by atoms with E-state index in [2.05, 4.69) is 60.6 Å². The van der Waals surface area contributed by atoms with Gasteiger partial charge in [0.25, 0.3) is 0 Å². The number of pyridine rings is 1. The van der Waals surface area contributed by atoms with Crippen LogP contribution in [0.25, 0.3) is 10.9 Å². The van der Waals surface area contributed by atoms with Gasteiger partial charge in [-0.15, -0.1) is 11.3 Å². The molecule has 0 spiro atoms. The topological polar surface area (TPSA) is 48.5 Å². The van der Waals surface area contributed by atoms with E-state index < -0.39 is 0 Å². The molecule has 1 saturated heterocycles. The highest BCUT2D eigenvalue weighted by atomic mass is 32.1. The molecule has 164 valence electrons. The van der Waals surface area contributed by atoms with Gasteiger partial charge in [0, 0.05) is 41.5 Å². The van der Waals surface area contributed by atoms with E-state index in [0.29, 0.717) is 12.5 Å². The molecule has 0 saturated carbocycles. The van der Waals surface area contributed by atoms with Gasteiger partial charge < -0.3 is 15.1 Å². The van der Waals surface area contributed by atoms with Crippen molar-refractivity contribution in [1.29, 1.82) is 0 Å².